The van der Waals surface area contributed by atoms with Crippen molar-refractivity contribution in [2.75, 3.05) is 26.2 Å². The Morgan fingerprint density at radius 2 is 2.24 bits per heavy atom. The second kappa shape index (κ2) is 6.97. The average molecular weight is 242 g/mol. The van der Waals surface area contributed by atoms with E-state index in [9.17, 15) is 4.79 Å². The fourth-order valence-electron chi connectivity index (χ4n) is 2.27. The lowest BCUT2D eigenvalue weighted by Crippen LogP contribution is -2.32. The highest BCUT2D eigenvalue weighted by Crippen LogP contribution is 2.24. The average Bonchev–Trinajstić information content (AvgIpc) is 2.66. The van der Waals surface area contributed by atoms with Crippen LogP contribution in [0, 0.1) is 11.8 Å². The molecule has 1 aliphatic rings. The third-order valence-corrected chi connectivity index (χ3v) is 3.57. The standard InChI is InChI=1S/C13H26N2O2/c1-4-17-12(8-14)5-6-15-9-11(10(2)3)7-13(15)16/h10-12H,4-9,14H2,1-3H3. The number of hydrogen-bond acceptors (Lipinski definition) is 3. The van der Waals surface area contributed by atoms with E-state index in [2.05, 4.69) is 13.8 Å². The van der Waals surface area contributed by atoms with Gasteiger partial charge in [0.2, 0.25) is 5.91 Å². The maximum absolute atomic E-state index is 11.8. The molecule has 0 aromatic carbocycles. The summed E-state index contributed by atoms with van der Waals surface area (Å²) in [4.78, 5) is 13.8. The summed E-state index contributed by atoms with van der Waals surface area (Å²) in [6.45, 7) is 9.24. The second-order valence-electron chi connectivity index (χ2n) is 5.15. The van der Waals surface area contributed by atoms with Crippen LogP contribution in [0.4, 0.5) is 0 Å². The monoisotopic (exact) mass is 242 g/mol. The summed E-state index contributed by atoms with van der Waals surface area (Å²) >= 11 is 0. The Hall–Kier alpha value is -0.610. The van der Waals surface area contributed by atoms with Crippen molar-refractivity contribution in [3.05, 3.63) is 0 Å². The number of nitrogens with zero attached hydrogens (tertiary/aromatic N) is 1. The van der Waals surface area contributed by atoms with Crippen molar-refractivity contribution < 1.29 is 9.53 Å². The number of nitrogens with two attached hydrogens (primary N) is 1. The molecule has 0 saturated carbocycles. The lowest BCUT2D eigenvalue weighted by molar-refractivity contribution is -0.128. The second-order valence-corrected chi connectivity index (χ2v) is 5.15. The van der Waals surface area contributed by atoms with Crippen molar-refractivity contribution in [1.82, 2.24) is 4.90 Å². The van der Waals surface area contributed by atoms with Gasteiger partial charge in [-0.25, -0.2) is 0 Å². The van der Waals surface area contributed by atoms with Gasteiger partial charge in [-0.15, -0.1) is 0 Å². The van der Waals surface area contributed by atoms with Gasteiger partial charge in [0.1, 0.15) is 0 Å². The molecule has 1 aliphatic heterocycles. The van der Waals surface area contributed by atoms with Crippen LogP contribution in [0.1, 0.15) is 33.6 Å². The van der Waals surface area contributed by atoms with Gasteiger partial charge in [0.05, 0.1) is 6.10 Å². The molecule has 0 aliphatic carbocycles. The molecule has 1 saturated heterocycles. The van der Waals surface area contributed by atoms with Crippen molar-refractivity contribution >= 4 is 5.91 Å². The largest absolute Gasteiger partial charge is 0.377 e. The summed E-state index contributed by atoms with van der Waals surface area (Å²) < 4.78 is 5.50. The van der Waals surface area contributed by atoms with E-state index in [-0.39, 0.29) is 12.0 Å². The van der Waals surface area contributed by atoms with Crippen LogP contribution < -0.4 is 5.73 Å². The third kappa shape index (κ3) is 4.28. The summed E-state index contributed by atoms with van der Waals surface area (Å²) in [7, 11) is 0. The van der Waals surface area contributed by atoms with Gasteiger partial charge < -0.3 is 15.4 Å². The van der Waals surface area contributed by atoms with E-state index in [1.807, 2.05) is 11.8 Å². The van der Waals surface area contributed by atoms with Crippen molar-refractivity contribution in [1.29, 1.82) is 0 Å². The zero-order valence-electron chi connectivity index (χ0n) is 11.3. The molecule has 2 atom stereocenters. The van der Waals surface area contributed by atoms with Crippen LogP contribution in [-0.4, -0.2) is 43.2 Å². The first kappa shape index (κ1) is 14.5. The Labute approximate surface area is 104 Å². The molecule has 4 nitrogen and oxygen atoms in total. The lowest BCUT2D eigenvalue weighted by Gasteiger charge is -2.21. The summed E-state index contributed by atoms with van der Waals surface area (Å²) in [6, 6.07) is 0. The maximum Gasteiger partial charge on any atom is 0.222 e. The van der Waals surface area contributed by atoms with Crippen LogP contribution in [-0.2, 0) is 9.53 Å². The Bertz CT molecular complexity index is 244. The molecule has 0 bridgehead atoms. The molecule has 0 radical (unpaired) electrons. The van der Waals surface area contributed by atoms with E-state index in [1.165, 1.54) is 0 Å². The van der Waals surface area contributed by atoms with Gasteiger partial charge in [-0.2, -0.15) is 0 Å². The van der Waals surface area contributed by atoms with Gasteiger partial charge in [0, 0.05) is 32.7 Å². The maximum atomic E-state index is 11.8. The molecule has 2 unspecified atom stereocenters. The number of likely N-dealkylation sites (tertiary alicyclic amines) is 1. The lowest BCUT2D eigenvalue weighted by atomic mass is 9.95. The molecule has 1 rings (SSSR count). The normalized spacial score (nSPS) is 22.5. The third-order valence-electron chi connectivity index (χ3n) is 3.57. The smallest absolute Gasteiger partial charge is 0.222 e. The molecule has 4 heteroatoms. The first-order valence-electron chi connectivity index (χ1n) is 6.67. The van der Waals surface area contributed by atoms with Crippen LogP contribution in [0.5, 0.6) is 0 Å². The SMILES string of the molecule is CCOC(CN)CCN1CC(C(C)C)CC1=O. The van der Waals surface area contributed by atoms with Crippen LogP contribution >= 0.6 is 0 Å². The molecule has 1 heterocycles. The molecule has 1 fully saturated rings. The topological polar surface area (TPSA) is 55.6 Å². The van der Waals surface area contributed by atoms with Gasteiger partial charge in [-0.3, -0.25) is 4.79 Å². The summed E-state index contributed by atoms with van der Waals surface area (Å²) in [5.74, 6) is 1.39. The molecular formula is C13H26N2O2. The molecule has 0 aromatic rings. The minimum Gasteiger partial charge on any atom is -0.377 e. The highest BCUT2D eigenvalue weighted by molar-refractivity contribution is 5.78. The van der Waals surface area contributed by atoms with E-state index in [1.54, 1.807) is 0 Å². The van der Waals surface area contributed by atoms with Crippen molar-refractivity contribution in [2.45, 2.75) is 39.7 Å². The predicted octanol–water partition coefficient (Wildman–Crippen LogP) is 1.24. The van der Waals surface area contributed by atoms with Gasteiger partial charge in [0.25, 0.3) is 0 Å². The highest BCUT2D eigenvalue weighted by Gasteiger charge is 2.31. The van der Waals surface area contributed by atoms with Crippen LogP contribution in [0.25, 0.3) is 0 Å². The molecule has 17 heavy (non-hydrogen) atoms. The molecule has 100 valence electrons. The van der Waals surface area contributed by atoms with Gasteiger partial charge in [-0.1, -0.05) is 13.8 Å². The Kier molecular flexibility index (Phi) is 5.92. The Balaban J connectivity index is 2.34. The van der Waals surface area contributed by atoms with Crippen molar-refractivity contribution in [3.8, 4) is 0 Å². The number of hydrogen-bond donors (Lipinski definition) is 1. The van der Waals surface area contributed by atoms with E-state index < -0.39 is 0 Å². The molecule has 0 aromatic heterocycles. The van der Waals surface area contributed by atoms with Crippen molar-refractivity contribution in [3.63, 3.8) is 0 Å². The Morgan fingerprint density at radius 3 is 2.71 bits per heavy atom. The van der Waals surface area contributed by atoms with E-state index in [4.69, 9.17) is 10.5 Å². The van der Waals surface area contributed by atoms with Gasteiger partial charge in [-0.05, 0) is 25.2 Å². The van der Waals surface area contributed by atoms with E-state index in [0.29, 0.717) is 31.4 Å². The van der Waals surface area contributed by atoms with Crippen LogP contribution in [0.15, 0.2) is 0 Å². The predicted molar refractivity (Wildman–Crippen MR) is 68.6 cm³/mol. The fourth-order valence-corrected chi connectivity index (χ4v) is 2.27. The number of rotatable bonds is 7. The van der Waals surface area contributed by atoms with E-state index >= 15 is 0 Å². The summed E-state index contributed by atoms with van der Waals surface area (Å²) in [5, 5.41) is 0. The summed E-state index contributed by atoms with van der Waals surface area (Å²) in [6.07, 6.45) is 1.64. The molecular weight excluding hydrogens is 216 g/mol. The fraction of sp³-hybridized carbons (Fsp3) is 0.923. The van der Waals surface area contributed by atoms with Crippen molar-refractivity contribution in [2.24, 2.45) is 17.6 Å². The highest BCUT2D eigenvalue weighted by atomic mass is 16.5. The van der Waals surface area contributed by atoms with Crippen LogP contribution in [0.2, 0.25) is 0 Å². The molecule has 1 amide bonds. The number of carbonyl (C=O) groups excluding carboxylic acids is 1. The van der Waals surface area contributed by atoms with Gasteiger partial charge >= 0.3 is 0 Å². The minimum absolute atomic E-state index is 0.0888. The zero-order chi connectivity index (χ0) is 12.8. The quantitative estimate of drug-likeness (QED) is 0.731. The van der Waals surface area contributed by atoms with E-state index in [0.717, 1.165) is 19.5 Å². The van der Waals surface area contributed by atoms with Gasteiger partial charge in [0.15, 0.2) is 0 Å². The Morgan fingerprint density at radius 1 is 1.53 bits per heavy atom. The van der Waals surface area contributed by atoms with Crippen LogP contribution in [0.3, 0.4) is 0 Å². The zero-order valence-corrected chi connectivity index (χ0v) is 11.3. The minimum atomic E-state index is 0.0888. The number of carbonyl (C=O) groups is 1. The molecule has 2 N–H and O–H groups in total. The first-order valence-corrected chi connectivity index (χ1v) is 6.67. The summed E-state index contributed by atoms with van der Waals surface area (Å²) in [5.41, 5.74) is 5.63. The number of amides is 1. The first-order chi connectivity index (χ1) is 8.08. The molecule has 0 spiro atoms. The number of ether oxygens (including phenoxy) is 1.